The molecule has 0 bridgehead atoms. The maximum absolute atomic E-state index is 2.66. The number of aryl methyl sites for hydroxylation is 2. The Morgan fingerprint density at radius 2 is 0.806 bits per heavy atom. The molecule has 0 amide bonds. The van der Waals surface area contributed by atoms with Crippen molar-refractivity contribution < 1.29 is 0 Å². The lowest BCUT2D eigenvalue weighted by Crippen LogP contribution is -2.25. The maximum atomic E-state index is 2.66. The van der Waals surface area contributed by atoms with Crippen LogP contribution in [-0.2, 0) is 13.1 Å². The van der Waals surface area contributed by atoms with Gasteiger partial charge in [0.15, 0.2) is 0 Å². The average Bonchev–Trinajstić information content (AvgIpc) is 2.86. The lowest BCUT2D eigenvalue weighted by Gasteiger charge is -2.24. The lowest BCUT2D eigenvalue weighted by atomic mass is 10.0. The molecule has 0 aromatic heterocycles. The van der Waals surface area contributed by atoms with E-state index in [1.807, 2.05) is 0 Å². The summed E-state index contributed by atoms with van der Waals surface area (Å²) in [7, 11) is 0. The number of nitrogens with zero attached hydrogens (tertiary/aromatic N) is 1. The highest BCUT2D eigenvalue weighted by Crippen LogP contribution is 2.18. The summed E-state index contributed by atoms with van der Waals surface area (Å²) in [5.74, 6) is 0. The van der Waals surface area contributed by atoms with E-state index >= 15 is 0 Å². The first-order valence-electron chi connectivity index (χ1n) is 15.0. The zero-order valence-electron chi connectivity index (χ0n) is 23.9. The summed E-state index contributed by atoms with van der Waals surface area (Å²) in [4.78, 5) is 2.66. The van der Waals surface area contributed by atoms with Crippen molar-refractivity contribution in [2.45, 2.75) is 137 Å². The molecular formula is C34H56ClN. The van der Waals surface area contributed by atoms with Gasteiger partial charge >= 0.3 is 0 Å². The highest BCUT2D eigenvalue weighted by Gasteiger charge is 2.10. The van der Waals surface area contributed by atoms with Gasteiger partial charge in [0.1, 0.15) is 0 Å². The van der Waals surface area contributed by atoms with E-state index < -0.39 is 0 Å². The van der Waals surface area contributed by atoms with Gasteiger partial charge in [-0.2, -0.15) is 0 Å². The van der Waals surface area contributed by atoms with Crippen LogP contribution in [0.25, 0.3) is 0 Å². The molecule has 0 saturated carbocycles. The summed E-state index contributed by atoms with van der Waals surface area (Å²) in [6.07, 6.45) is 22.9. The van der Waals surface area contributed by atoms with Crippen LogP contribution in [0.1, 0.15) is 132 Å². The molecule has 0 fully saturated rings. The second kappa shape index (κ2) is 21.7. The van der Waals surface area contributed by atoms with Crippen molar-refractivity contribution in [1.29, 1.82) is 0 Å². The van der Waals surface area contributed by atoms with Gasteiger partial charge in [-0.3, -0.25) is 4.90 Å². The molecule has 0 atom stereocenters. The Kier molecular flexibility index (Phi) is 19.8. The molecule has 0 aliphatic carbocycles. The average molecular weight is 514 g/mol. The molecule has 2 aromatic rings. The molecule has 0 N–H and O–H groups in total. The largest absolute Gasteiger partial charge is 0.295 e. The molecule has 0 radical (unpaired) electrons. The third-order valence-electron chi connectivity index (χ3n) is 7.64. The predicted octanol–water partition coefficient (Wildman–Crippen LogP) is 11.0. The molecule has 2 heteroatoms. The van der Waals surface area contributed by atoms with E-state index in [0.717, 1.165) is 13.1 Å². The van der Waals surface area contributed by atoms with Gasteiger partial charge in [-0.15, -0.1) is 12.4 Å². The summed E-state index contributed by atoms with van der Waals surface area (Å²) in [5.41, 5.74) is 5.76. The van der Waals surface area contributed by atoms with Crippen LogP contribution >= 0.6 is 12.4 Å². The monoisotopic (exact) mass is 513 g/mol. The molecular weight excluding hydrogens is 458 g/mol. The smallest absolute Gasteiger partial charge is 0.0239 e. The number of benzene rings is 2. The first kappa shape index (κ1) is 32.7. The molecule has 0 aliphatic rings. The van der Waals surface area contributed by atoms with E-state index in [1.54, 1.807) is 0 Å². The van der Waals surface area contributed by atoms with Crippen LogP contribution in [0.4, 0.5) is 0 Å². The summed E-state index contributed by atoms with van der Waals surface area (Å²) in [6.45, 7) is 10.1. The van der Waals surface area contributed by atoms with Crippen molar-refractivity contribution in [3.8, 4) is 0 Å². The van der Waals surface area contributed by atoms with Crippen molar-refractivity contribution in [2.75, 3.05) is 6.54 Å². The molecule has 2 aromatic carbocycles. The Morgan fingerprint density at radius 3 is 1.17 bits per heavy atom. The van der Waals surface area contributed by atoms with Crippen molar-refractivity contribution in [3.05, 3.63) is 70.8 Å². The quantitative estimate of drug-likeness (QED) is 0.150. The molecule has 0 aliphatic heterocycles. The van der Waals surface area contributed by atoms with Gasteiger partial charge in [-0.05, 0) is 49.1 Å². The summed E-state index contributed by atoms with van der Waals surface area (Å²) in [5, 5.41) is 0. The Morgan fingerprint density at radius 1 is 0.472 bits per heavy atom. The summed E-state index contributed by atoms with van der Waals surface area (Å²) >= 11 is 0. The normalized spacial score (nSPS) is 11.1. The van der Waals surface area contributed by atoms with E-state index in [2.05, 4.69) is 74.2 Å². The lowest BCUT2D eigenvalue weighted by molar-refractivity contribution is 0.249. The van der Waals surface area contributed by atoms with Crippen LogP contribution < -0.4 is 0 Å². The SMILES string of the molecule is CCCCCCCCCCCCCCCCCCN(Cc1ccccc1C)Cc1ccccc1C.Cl. The topological polar surface area (TPSA) is 3.24 Å². The standard InChI is InChI=1S/C34H55N.ClH/c1-4-5-6-7-8-9-10-11-12-13-14-15-16-17-18-23-28-35(29-33-26-21-19-24-31(33)2)30-34-27-22-20-25-32(34)3;/h19-22,24-27H,4-18,23,28-30H2,1-3H3;1H. The first-order chi connectivity index (χ1) is 17.2. The van der Waals surface area contributed by atoms with Crippen LogP contribution in [0, 0.1) is 13.8 Å². The molecule has 1 nitrogen and oxygen atoms in total. The minimum atomic E-state index is 0. The van der Waals surface area contributed by atoms with E-state index in [0.29, 0.717) is 0 Å². The van der Waals surface area contributed by atoms with Gasteiger partial charge < -0.3 is 0 Å². The Bertz CT molecular complexity index is 724. The fourth-order valence-electron chi connectivity index (χ4n) is 5.15. The van der Waals surface area contributed by atoms with Crippen LogP contribution in [-0.4, -0.2) is 11.4 Å². The molecule has 204 valence electrons. The Balaban J connectivity index is 0.00000648. The number of unbranched alkanes of at least 4 members (excludes halogenated alkanes) is 15. The van der Waals surface area contributed by atoms with Crippen molar-refractivity contribution in [1.82, 2.24) is 4.90 Å². The molecule has 0 saturated heterocycles. The third kappa shape index (κ3) is 15.1. The zero-order valence-corrected chi connectivity index (χ0v) is 24.7. The zero-order chi connectivity index (χ0) is 25.0. The first-order valence-corrected chi connectivity index (χ1v) is 15.0. The number of hydrogen-bond acceptors (Lipinski definition) is 1. The van der Waals surface area contributed by atoms with Crippen molar-refractivity contribution >= 4 is 12.4 Å². The highest BCUT2D eigenvalue weighted by atomic mass is 35.5. The second-order valence-electron chi connectivity index (χ2n) is 10.9. The Hall–Kier alpha value is -1.31. The van der Waals surface area contributed by atoms with Gasteiger partial charge in [0, 0.05) is 13.1 Å². The third-order valence-corrected chi connectivity index (χ3v) is 7.64. The highest BCUT2D eigenvalue weighted by molar-refractivity contribution is 5.85. The van der Waals surface area contributed by atoms with Crippen molar-refractivity contribution in [3.63, 3.8) is 0 Å². The van der Waals surface area contributed by atoms with Gasteiger partial charge in [-0.1, -0.05) is 152 Å². The van der Waals surface area contributed by atoms with Gasteiger partial charge in [0.2, 0.25) is 0 Å². The summed E-state index contributed by atoms with van der Waals surface area (Å²) in [6, 6.07) is 17.8. The fourth-order valence-corrected chi connectivity index (χ4v) is 5.15. The maximum Gasteiger partial charge on any atom is 0.0239 e. The molecule has 36 heavy (non-hydrogen) atoms. The molecule has 0 spiro atoms. The number of hydrogen-bond donors (Lipinski definition) is 0. The molecule has 0 heterocycles. The van der Waals surface area contributed by atoms with Gasteiger partial charge in [0.05, 0.1) is 0 Å². The van der Waals surface area contributed by atoms with E-state index in [9.17, 15) is 0 Å². The summed E-state index contributed by atoms with van der Waals surface area (Å²) < 4.78 is 0. The van der Waals surface area contributed by atoms with Gasteiger partial charge in [0.25, 0.3) is 0 Å². The van der Waals surface area contributed by atoms with Crippen LogP contribution in [0.2, 0.25) is 0 Å². The van der Waals surface area contributed by atoms with Crippen LogP contribution in [0.3, 0.4) is 0 Å². The van der Waals surface area contributed by atoms with Gasteiger partial charge in [-0.25, -0.2) is 0 Å². The molecule has 2 rings (SSSR count). The molecule has 0 unspecified atom stereocenters. The second-order valence-corrected chi connectivity index (χ2v) is 10.9. The fraction of sp³-hybridized carbons (Fsp3) is 0.647. The van der Waals surface area contributed by atoms with E-state index in [1.165, 1.54) is 132 Å². The Labute approximate surface area is 230 Å². The van der Waals surface area contributed by atoms with Crippen LogP contribution in [0.5, 0.6) is 0 Å². The minimum absolute atomic E-state index is 0. The number of halogens is 1. The van der Waals surface area contributed by atoms with E-state index in [4.69, 9.17) is 0 Å². The van der Waals surface area contributed by atoms with Crippen molar-refractivity contribution in [2.24, 2.45) is 0 Å². The minimum Gasteiger partial charge on any atom is -0.295 e. The number of rotatable bonds is 21. The predicted molar refractivity (Wildman–Crippen MR) is 163 cm³/mol. The van der Waals surface area contributed by atoms with E-state index in [-0.39, 0.29) is 12.4 Å². The van der Waals surface area contributed by atoms with Crippen LogP contribution in [0.15, 0.2) is 48.5 Å².